The first-order chi connectivity index (χ1) is 16.5. The van der Waals surface area contributed by atoms with Gasteiger partial charge in [-0.25, -0.2) is 4.98 Å². The van der Waals surface area contributed by atoms with Crippen LogP contribution < -0.4 is 21.3 Å². The van der Waals surface area contributed by atoms with Crippen LogP contribution in [0.15, 0.2) is 29.9 Å². The number of carbonyl (C=O) groups is 1. The van der Waals surface area contributed by atoms with E-state index in [0.29, 0.717) is 23.2 Å². The Morgan fingerprint density at radius 2 is 1.85 bits per heavy atom. The molecule has 2 aromatic heterocycles. The number of fused-ring (bicyclic) bond motifs is 1. The van der Waals surface area contributed by atoms with Crippen molar-refractivity contribution >= 4 is 35.5 Å². The Bertz CT molecular complexity index is 997. The second-order valence-electron chi connectivity index (χ2n) is 6.83. The topological polar surface area (TPSA) is 117 Å². The second-order valence-corrected chi connectivity index (χ2v) is 6.83. The lowest BCUT2D eigenvalue weighted by molar-refractivity contribution is 0.112. The predicted octanol–water partition coefficient (Wildman–Crippen LogP) is 2.29. The minimum atomic E-state index is 0.525. The highest BCUT2D eigenvalue weighted by Crippen LogP contribution is 2.35. The molecule has 0 saturated carbocycles. The van der Waals surface area contributed by atoms with Crippen molar-refractivity contribution < 1.29 is 4.79 Å². The van der Waals surface area contributed by atoms with Gasteiger partial charge < -0.3 is 30.7 Å². The Labute approximate surface area is 203 Å². The Morgan fingerprint density at radius 1 is 1.24 bits per heavy atom. The molecule has 4 heterocycles. The maximum absolute atomic E-state index is 10.8. The third-order valence-corrected chi connectivity index (χ3v) is 4.82. The summed E-state index contributed by atoms with van der Waals surface area (Å²) in [5.41, 5.74) is 6.74. The summed E-state index contributed by atoms with van der Waals surface area (Å²) in [5.74, 6) is 4.97. The summed E-state index contributed by atoms with van der Waals surface area (Å²) in [6.45, 7) is 13.6. The number of nitrogens with zero attached hydrogens (tertiary/aromatic N) is 6. The van der Waals surface area contributed by atoms with E-state index in [1.165, 1.54) is 13.2 Å². The molecule has 1 saturated heterocycles. The van der Waals surface area contributed by atoms with Crippen molar-refractivity contribution in [2.75, 3.05) is 50.5 Å². The molecule has 0 bridgehead atoms. The van der Waals surface area contributed by atoms with Gasteiger partial charge in [0.1, 0.15) is 11.5 Å². The molecule has 2 aliphatic heterocycles. The van der Waals surface area contributed by atoms with E-state index < -0.39 is 0 Å². The highest BCUT2D eigenvalue weighted by Gasteiger charge is 2.29. The van der Waals surface area contributed by atoms with Gasteiger partial charge in [0.2, 0.25) is 11.9 Å². The van der Waals surface area contributed by atoms with Gasteiger partial charge in [-0.15, -0.1) is 12.3 Å². The quantitative estimate of drug-likeness (QED) is 0.465. The average molecular weight is 468 g/mol. The average Bonchev–Trinajstić information content (AvgIpc) is 3.22. The fourth-order valence-corrected chi connectivity index (χ4v) is 3.26. The summed E-state index contributed by atoms with van der Waals surface area (Å²) < 4.78 is 2.05. The SMILES string of the molecule is C#CC.C=C1c2c(nc(N3CCNCC3)n2C)N=C(Nc2ccc(C=O)cn2)N1C.CC.CN. The molecule has 10 heteroatoms. The van der Waals surface area contributed by atoms with Gasteiger partial charge in [-0.2, -0.15) is 9.98 Å². The fourth-order valence-electron chi connectivity index (χ4n) is 3.26. The molecule has 184 valence electrons. The summed E-state index contributed by atoms with van der Waals surface area (Å²) in [5, 5.41) is 6.53. The van der Waals surface area contributed by atoms with Crippen molar-refractivity contribution in [1.29, 1.82) is 0 Å². The molecule has 2 aromatic rings. The molecule has 2 aliphatic rings. The number of nitrogens with two attached hydrogens (primary N) is 1. The Balaban J connectivity index is 0.000000750. The maximum Gasteiger partial charge on any atom is 0.210 e. The number of rotatable bonds is 3. The molecule has 34 heavy (non-hydrogen) atoms. The van der Waals surface area contributed by atoms with Gasteiger partial charge in [0.15, 0.2) is 12.1 Å². The normalized spacial score (nSPS) is 13.9. The van der Waals surface area contributed by atoms with Crippen LogP contribution in [-0.4, -0.2) is 72.0 Å². The molecule has 0 amide bonds. The van der Waals surface area contributed by atoms with E-state index in [4.69, 9.17) is 4.98 Å². The minimum absolute atomic E-state index is 0.525. The van der Waals surface area contributed by atoms with Crippen LogP contribution in [0.3, 0.4) is 0 Å². The smallest absolute Gasteiger partial charge is 0.210 e. The number of pyridine rings is 1. The van der Waals surface area contributed by atoms with E-state index in [9.17, 15) is 4.79 Å². The molecule has 0 aliphatic carbocycles. The van der Waals surface area contributed by atoms with Crippen LogP contribution in [-0.2, 0) is 7.05 Å². The molecule has 10 nitrogen and oxygen atoms in total. The van der Waals surface area contributed by atoms with Crippen LogP contribution in [0.4, 0.5) is 17.6 Å². The molecule has 0 aromatic carbocycles. The number of guanidine groups is 1. The fraction of sp³-hybridized carbons (Fsp3) is 0.417. The van der Waals surface area contributed by atoms with Crippen LogP contribution in [0.25, 0.3) is 5.70 Å². The van der Waals surface area contributed by atoms with Crippen molar-refractivity contribution in [3.63, 3.8) is 0 Å². The number of carbonyl (C=O) groups excluding carboxylic acids is 1. The van der Waals surface area contributed by atoms with Crippen molar-refractivity contribution in [2.45, 2.75) is 20.8 Å². The van der Waals surface area contributed by atoms with Gasteiger partial charge in [0, 0.05) is 52.0 Å². The molecule has 0 radical (unpaired) electrons. The van der Waals surface area contributed by atoms with Crippen LogP contribution >= 0.6 is 0 Å². The van der Waals surface area contributed by atoms with E-state index >= 15 is 0 Å². The number of hydrogen-bond donors (Lipinski definition) is 3. The summed E-state index contributed by atoms with van der Waals surface area (Å²) in [6, 6.07) is 3.44. The lowest BCUT2D eigenvalue weighted by atomic mass is 10.2. The summed E-state index contributed by atoms with van der Waals surface area (Å²) in [6.07, 6.45) is 6.88. The molecule has 0 spiro atoms. The predicted molar refractivity (Wildman–Crippen MR) is 141 cm³/mol. The summed E-state index contributed by atoms with van der Waals surface area (Å²) >= 11 is 0. The van der Waals surface area contributed by atoms with Gasteiger partial charge in [0.25, 0.3) is 0 Å². The lowest BCUT2D eigenvalue weighted by Crippen LogP contribution is -2.44. The highest BCUT2D eigenvalue weighted by atomic mass is 16.1. The molecule has 0 unspecified atom stereocenters. The summed E-state index contributed by atoms with van der Waals surface area (Å²) in [7, 11) is 5.39. The van der Waals surface area contributed by atoms with Crippen LogP contribution in [0, 0.1) is 12.3 Å². The van der Waals surface area contributed by atoms with E-state index in [1.54, 1.807) is 19.1 Å². The first-order valence-electron chi connectivity index (χ1n) is 11.2. The number of anilines is 2. The molecule has 0 atom stereocenters. The first kappa shape index (κ1) is 28.4. The van der Waals surface area contributed by atoms with E-state index in [0.717, 1.165) is 49.8 Å². The van der Waals surface area contributed by atoms with E-state index in [1.807, 2.05) is 32.8 Å². The molecule has 4 N–H and O–H groups in total. The van der Waals surface area contributed by atoms with E-state index in [2.05, 4.69) is 54.7 Å². The summed E-state index contributed by atoms with van der Waals surface area (Å²) in [4.78, 5) is 28.6. The number of piperazine rings is 1. The zero-order valence-electron chi connectivity index (χ0n) is 21.1. The number of aldehydes is 1. The number of aromatic nitrogens is 3. The van der Waals surface area contributed by atoms with Crippen molar-refractivity contribution in [2.24, 2.45) is 17.8 Å². The molecular weight excluding hydrogens is 430 g/mol. The Morgan fingerprint density at radius 3 is 2.38 bits per heavy atom. The number of aliphatic imine (C=N–C) groups is 1. The zero-order valence-corrected chi connectivity index (χ0v) is 21.1. The third-order valence-electron chi connectivity index (χ3n) is 4.82. The monoisotopic (exact) mass is 467 g/mol. The lowest BCUT2D eigenvalue weighted by Gasteiger charge is -2.29. The Kier molecular flexibility index (Phi) is 12.1. The Hall–Kier alpha value is -3.68. The minimum Gasteiger partial charge on any atom is -0.340 e. The van der Waals surface area contributed by atoms with Crippen molar-refractivity contribution in [1.82, 2.24) is 24.8 Å². The van der Waals surface area contributed by atoms with Crippen LogP contribution in [0.5, 0.6) is 0 Å². The first-order valence-corrected chi connectivity index (χ1v) is 11.2. The van der Waals surface area contributed by atoms with Crippen LogP contribution in [0.1, 0.15) is 36.8 Å². The van der Waals surface area contributed by atoms with Gasteiger partial charge in [0.05, 0.1) is 5.70 Å². The van der Waals surface area contributed by atoms with Gasteiger partial charge in [-0.1, -0.05) is 20.4 Å². The third kappa shape index (κ3) is 6.66. The number of terminal acetylenes is 1. The van der Waals surface area contributed by atoms with Crippen molar-refractivity contribution in [3.05, 3.63) is 36.2 Å². The number of imidazole rings is 1. The molecule has 4 rings (SSSR count). The molecular formula is C24H37N9O. The van der Waals surface area contributed by atoms with Crippen LogP contribution in [0.2, 0.25) is 0 Å². The van der Waals surface area contributed by atoms with E-state index in [-0.39, 0.29) is 0 Å². The molecule has 1 fully saturated rings. The van der Waals surface area contributed by atoms with Gasteiger partial charge in [-0.3, -0.25) is 4.79 Å². The highest BCUT2D eigenvalue weighted by molar-refractivity contribution is 6.02. The number of hydrogen-bond acceptors (Lipinski definition) is 9. The number of nitrogens with one attached hydrogen (secondary N) is 2. The largest absolute Gasteiger partial charge is 0.340 e. The van der Waals surface area contributed by atoms with Gasteiger partial charge >= 0.3 is 0 Å². The standard InChI is InChI=1S/C18H22N8O.C3H4.C2H6.CH5N/c1-12-15-16(23-18(25(15)3)26-8-6-19-7-9-26)22-17(24(12)2)21-14-5-4-13(11-27)10-20-14;1-3-2;2*1-2/h4-5,10-11,19H,1,6-9H2,2-3H3,(H,20,21,22);1H,2H3;1-2H3;2H2,1H3. The second kappa shape index (κ2) is 14.5. The zero-order chi connectivity index (χ0) is 25.7. The van der Waals surface area contributed by atoms with Gasteiger partial charge in [-0.05, 0) is 26.1 Å². The maximum atomic E-state index is 10.8. The van der Waals surface area contributed by atoms with Crippen molar-refractivity contribution in [3.8, 4) is 12.3 Å².